The van der Waals surface area contributed by atoms with Gasteiger partial charge in [-0.25, -0.2) is 8.42 Å². The van der Waals surface area contributed by atoms with E-state index in [0.717, 1.165) is 12.0 Å². The first kappa shape index (κ1) is 17.8. The number of likely N-dealkylation sites (N-methyl/N-ethyl adjacent to an activating group) is 1. The molecule has 1 amide bonds. The second-order valence-corrected chi connectivity index (χ2v) is 7.09. The Balaban J connectivity index is 1.88. The van der Waals surface area contributed by atoms with Crippen molar-refractivity contribution in [2.45, 2.75) is 0 Å². The maximum Gasteiger partial charge on any atom is 0.253 e. The van der Waals surface area contributed by atoms with Gasteiger partial charge in [0.15, 0.2) is 0 Å². The van der Waals surface area contributed by atoms with Gasteiger partial charge in [-0.1, -0.05) is 18.2 Å². The Morgan fingerprint density at radius 1 is 1.08 bits per heavy atom. The Hall–Kier alpha value is -2.54. The van der Waals surface area contributed by atoms with Crippen LogP contribution in [0.1, 0.15) is 10.4 Å². The van der Waals surface area contributed by atoms with Crippen LogP contribution in [0.15, 0.2) is 54.6 Å². The van der Waals surface area contributed by atoms with Gasteiger partial charge in [0, 0.05) is 18.3 Å². The molecule has 0 atom stereocenters. The quantitative estimate of drug-likeness (QED) is 0.832. The molecule has 0 aromatic heterocycles. The number of rotatable bonds is 7. The molecule has 0 aliphatic rings. The van der Waals surface area contributed by atoms with Crippen LogP contribution in [-0.4, -0.2) is 45.7 Å². The highest BCUT2D eigenvalue weighted by Crippen LogP contribution is 2.13. The normalized spacial score (nSPS) is 10.9. The van der Waals surface area contributed by atoms with Crippen molar-refractivity contribution >= 4 is 21.6 Å². The van der Waals surface area contributed by atoms with Crippen molar-refractivity contribution in [3.05, 3.63) is 60.2 Å². The van der Waals surface area contributed by atoms with Gasteiger partial charge < -0.3 is 9.64 Å². The number of carbonyl (C=O) groups is 1. The highest BCUT2D eigenvalue weighted by Gasteiger charge is 2.12. The van der Waals surface area contributed by atoms with E-state index in [1.165, 1.54) is 0 Å². The largest absolute Gasteiger partial charge is 0.492 e. The van der Waals surface area contributed by atoms with Crippen LogP contribution in [0.3, 0.4) is 0 Å². The summed E-state index contributed by atoms with van der Waals surface area (Å²) < 4.78 is 30.2. The van der Waals surface area contributed by atoms with Crippen molar-refractivity contribution in [2.75, 3.05) is 31.2 Å². The van der Waals surface area contributed by atoms with Crippen LogP contribution < -0.4 is 9.46 Å². The number of amides is 1. The maximum atomic E-state index is 12.3. The average molecular weight is 348 g/mol. The van der Waals surface area contributed by atoms with Crippen LogP contribution in [0.25, 0.3) is 0 Å². The second kappa shape index (κ2) is 7.83. The molecule has 0 fully saturated rings. The van der Waals surface area contributed by atoms with Crippen LogP contribution in [0.4, 0.5) is 5.69 Å². The lowest BCUT2D eigenvalue weighted by molar-refractivity contribution is 0.0774. The highest BCUT2D eigenvalue weighted by atomic mass is 32.2. The Morgan fingerprint density at radius 3 is 2.29 bits per heavy atom. The fourth-order valence-electron chi connectivity index (χ4n) is 2.03. The molecule has 2 rings (SSSR count). The third kappa shape index (κ3) is 5.58. The molecule has 128 valence electrons. The summed E-state index contributed by atoms with van der Waals surface area (Å²) in [5.41, 5.74) is 0.903. The Kier molecular flexibility index (Phi) is 5.81. The van der Waals surface area contributed by atoms with Crippen molar-refractivity contribution in [1.29, 1.82) is 0 Å². The lowest BCUT2D eigenvalue weighted by Gasteiger charge is -2.17. The number of nitrogens with zero attached hydrogens (tertiary/aromatic N) is 1. The number of hydrogen-bond donors (Lipinski definition) is 1. The number of benzene rings is 2. The predicted octanol–water partition coefficient (Wildman–Crippen LogP) is 2.21. The van der Waals surface area contributed by atoms with E-state index >= 15 is 0 Å². The maximum absolute atomic E-state index is 12.3. The summed E-state index contributed by atoms with van der Waals surface area (Å²) in [4.78, 5) is 13.9. The molecule has 0 aliphatic carbocycles. The molecule has 0 unspecified atom stereocenters. The number of anilines is 1. The molecule has 0 radical (unpaired) electrons. The molecule has 0 heterocycles. The van der Waals surface area contributed by atoms with Gasteiger partial charge in [-0.3, -0.25) is 9.52 Å². The van der Waals surface area contributed by atoms with Gasteiger partial charge in [0.2, 0.25) is 10.0 Å². The molecule has 6 nitrogen and oxygen atoms in total. The summed E-state index contributed by atoms with van der Waals surface area (Å²) in [7, 11) is -1.63. The zero-order valence-electron chi connectivity index (χ0n) is 13.6. The average Bonchev–Trinajstić information content (AvgIpc) is 2.54. The highest BCUT2D eigenvalue weighted by molar-refractivity contribution is 7.92. The molecule has 24 heavy (non-hydrogen) atoms. The van der Waals surface area contributed by atoms with Crippen molar-refractivity contribution < 1.29 is 17.9 Å². The molecular formula is C17H20N2O4S. The molecule has 0 spiro atoms. The third-order valence-corrected chi connectivity index (χ3v) is 3.83. The first-order valence-corrected chi connectivity index (χ1v) is 9.25. The number of ether oxygens (including phenoxy) is 1. The van der Waals surface area contributed by atoms with Crippen molar-refractivity contribution in [3.63, 3.8) is 0 Å². The van der Waals surface area contributed by atoms with Crippen LogP contribution in [-0.2, 0) is 10.0 Å². The van der Waals surface area contributed by atoms with E-state index in [1.807, 2.05) is 30.3 Å². The monoisotopic (exact) mass is 348 g/mol. The van der Waals surface area contributed by atoms with Gasteiger partial charge >= 0.3 is 0 Å². The topological polar surface area (TPSA) is 75.7 Å². The number of sulfonamides is 1. The molecule has 2 aromatic carbocycles. The van der Waals surface area contributed by atoms with Gasteiger partial charge in [0.1, 0.15) is 12.4 Å². The number of hydrogen-bond acceptors (Lipinski definition) is 4. The minimum atomic E-state index is -3.33. The minimum Gasteiger partial charge on any atom is -0.492 e. The third-order valence-electron chi connectivity index (χ3n) is 3.22. The Morgan fingerprint density at radius 2 is 1.71 bits per heavy atom. The Bertz CT molecular complexity index is 774. The lowest BCUT2D eigenvalue weighted by atomic mass is 10.2. The molecule has 0 aliphatic heterocycles. The first-order valence-electron chi connectivity index (χ1n) is 7.36. The standard InChI is InChI=1S/C17H20N2O4S/c1-19(12-13-23-16-6-4-3-5-7-16)17(20)14-8-10-15(11-9-14)18-24(2,21)22/h3-11,18H,12-13H2,1-2H3. The molecule has 0 bridgehead atoms. The van der Waals surface area contributed by atoms with Crippen molar-refractivity contribution in [1.82, 2.24) is 4.90 Å². The van der Waals surface area contributed by atoms with Gasteiger partial charge in [-0.05, 0) is 36.4 Å². The van der Waals surface area contributed by atoms with Gasteiger partial charge in [0.05, 0.1) is 12.8 Å². The summed E-state index contributed by atoms with van der Waals surface area (Å²) in [6, 6.07) is 15.7. The number of para-hydroxylation sites is 1. The summed E-state index contributed by atoms with van der Waals surface area (Å²) >= 11 is 0. The van der Waals surface area contributed by atoms with Crippen LogP contribution in [0, 0.1) is 0 Å². The lowest BCUT2D eigenvalue weighted by Crippen LogP contribution is -2.30. The van der Waals surface area contributed by atoms with Crippen molar-refractivity contribution in [2.24, 2.45) is 0 Å². The van der Waals surface area contributed by atoms with E-state index in [1.54, 1.807) is 36.2 Å². The zero-order valence-corrected chi connectivity index (χ0v) is 14.4. The minimum absolute atomic E-state index is 0.155. The van der Waals surface area contributed by atoms with E-state index in [-0.39, 0.29) is 5.91 Å². The fraction of sp³-hybridized carbons (Fsp3) is 0.235. The molecular weight excluding hydrogens is 328 g/mol. The smallest absolute Gasteiger partial charge is 0.253 e. The van der Waals surface area contributed by atoms with Gasteiger partial charge in [-0.2, -0.15) is 0 Å². The SMILES string of the molecule is CN(CCOc1ccccc1)C(=O)c1ccc(NS(C)(=O)=O)cc1. The second-order valence-electron chi connectivity index (χ2n) is 5.34. The van der Waals surface area contributed by atoms with Crippen molar-refractivity contribution in [3.8, 4) is 5.75 Å². The van der Waals surface area contributed by atoms with Crippen LogP contribution in [0.2, 0.25) is 0 Å². The molecule has 2 aromatic rings. The summed E-state index contributed by atoms with van der Waals surface area (Å²) in [5.74, 6) is 0.604. The number of nitrogens with one attached hydrogen (secondary N) is 1. The predicted molar refractivity (Wildman–Crippen MR) is 93.8 cm³/mol. The summed E-state index contributed by atoms with van der Waals surface area (Å²) in [6.45, 7) is 0.830. The molecule has 0 saturated heterocycles. The van der Waals surface area contributed by atoms with E-state index in [2.05, 4.69) is 4.72 Å². The van der Waals surface area contributed by atoms with Crippen LogP contribution >= 0.6 is 0 Å². The van der Waals surface area contributed by atoms with E-state index < -0.39 is 10.0 Å². The molecule has 7 heteroatoms. The summed E-state index contributed by atoms with van der Waals surface area (Å²) in [5, 5.41) is 0. The van der Waals surface area contributed by atoms with E-state index in [0.29, 0.717) is 24.4 Å². The summed E-state index contributed by atoms with van der Waals surface area (Å²) in [6.07, 6.45) is 1.08. The first-order chi connectivity index (χ1) is 11.3. The molecule has 1 N–H and O–H groups in total. The van der Waals surface area contributed by atoms with Crippen LogP contribution in [0.5, 0.6) is 5.75 Å². The Labute approximate surface area is 142 Å². The van der Waals surface area contributed by atoms with Gasteiger partial charge in [-0.15, -0.1) is 0 Å². The van der Waals surface area contributed by atoms with E-state index in [4.69, 9.17) is 4.74 Å². The van der Waals surface area contributed by atoms with Gasteiger partial charge in [0.25, 0.3) is 5.91 Å². The molecule has 0 saturated carbocycles. The number of carbonyl (C=O) groups excluding carboxylic acids is 1. The zero-order chi connectivity index (χ0) is 17.6. The van der Waals surface area contributed by atoms with E-state index in [9.17, 15) is 13.2 Å². The fourth-order valence-corrected chi connectivity index (χ4v) is 2.60.